The van der Waals surface area contributed by atoms with Crippen LogP contribution in [0.2, 0.25) is 5.02 Å². The lowest BCUT2D eigenvalue weighted by molar-refractivity contribution is 0.0697. The number of ether oxygens (including phenoxy) is 1. The third kappa shape index (κ3) is 2.32. The Balaban J connectivity index is 2.13. The molecule has 2 N–H and O–H groups in total. The Morgan fingerprint density at radius 2 is 2.10 bits per heavy atom. The number of carboxylic acid groups (broad SMARTS) is 1. The third-order valence-corrected chi connectivity index (χ3v) is 3.53. The molecule has 0 atom stereocenters. The number of carbonyl (C=O) groups is 1. The first kappa shape index (κ1) is 13.5. The molecule has 0 aliphatic rings. The number of nitrogens with one attached hydrogen (secondary N) is 1. The van der Waals surface area contributed by atoms with Crippen LogP contribution in [-0.4, -0.2) is 28.4 Å². The fraction of sp³-hybridized carbons (Fsp3) is 0.0667. The van der Waals surface area contributed by atoms with Gasteiger partial charge in [0.25, 0.3) is 0 Å². The number of aromatic nitrogens is 2. The Labute approximate surface area is 125 Å². The SMILES string of the molecule is COc1ccc(-c2n[nH]c3cc(C(=O)O)ccc23)cc1Cl. The molecule has 2 aromatic carbocycles. The van der Waals surface area contributed by atoms with Gasteiger partial charge in [0.2, 0.25) is 0 Å². The lowest BCUT2D eigenvalue weighted by Gasteiger charge is -2.04. The lowest BCUT2D eigenvalue weighted by Crippen LogP contribution is -1.94. The molecule has 106 valence electrons. The second-order valence-electron chi connectivity index (χ2n) is 4.49. The van der Waals surface area contributed by atoms with Gasteiger partial charge >= 0.3 is 5.97 Å². The summed E-state index contributed by atoms with van der Waals surface area (Å²) in [6.07, 6.45) is 0. The van der Waals surface area contributed by atoms with Crippen LogP contribution in [0, 0.1) is 0 Å². The second kappa shape index (κ2) is 5.10. The van der Waals surface area contributed by atoms with Gasteiger partial charge in [-0.25, -0.2) is 4.79 Å². The average molecular weight is 303 g/mol. The first-order valence-electron chi connectivity index (χ1n) is 6.15. The smallest absolute Gasteiger partial charge is 0.335 e. The minimum atomic E-state index is -0.972. The summed E-state index contributed by atoms with van der Waals surface area (Å²) in [4.78, 5) is 11.0. The van der Waals surface area contributed by atoms with Crippen molar-refractivity contribution in [2.24, 2.45) is 0 Å². The largest absolute Gasteiger partial charge is 0.495 e. The van der Waals surface area contributed by atoms with Crippen molar-refractivity contribution in [3.8, 4) is 17.0 Å². The van der Waals surface area contributed by atoms with Crippen molar-refractivity contribution in [3.63, 3.8) is 0 Å². The standard InChI is InChI=1S/C15H11ClN2O3/c1-21-13-5-3-8(6-11(13)16)14-10-4-2-9(15(19)20)7-12(10)17-18-14/h2-7H,1H3,(H,17,18)(H,19,20). The number of fused-ring (bicyclic) bond motifs is 1. The molecule has 0 spiro atoms. The molecule has 0 saturated carbocycles. The van der Waals surface area contributed by atoms with E-state index in [0.717, 1.165) is 10.9 Å². The van der Waals surface area contributed by atoms with Gasteiger partial charge in [-0.3, -0.25) is 5.10 Å². The lowest BCUT2D eigenvalue weighted by atomic mass is 10.1. The predicted octanol–water partition coefficient (Wildman–Crippen LogP) is 3.59. The summed E-state index contributed by atoms with van der Waals surface area (Å²) in [6.45, 7) is 0. The zero-order chi connectivity index (χ0) is 15.0. The molecule has 1 aromatic heterocycles. The van der Waals surface area contributed by atoms with Crippen LogP contribution in [0.25, 0.3) is 22.2 Å². The summed E-state index contributed by atoms with van der Waals surface area (Å²) >= 11 is 6.12. The number of H-pyrrole nitrogens is 1. The zero-order valence-electron chi connectivity index (χ0n) is 11.1. The minimum Gasteiger partial charge on any atom is -0.495 e. The Kier molecular flexibility index (Phi) is 3.27. The van der Waals surface area contributed by atoms with E-state index < -0.39 is 5.97 Å². The molecule has 0 bridgehead atoms. The molecular formula is C15H11ClN2O3. The van der Waals surface area contributed by atoms with E-state index in [-0.39, 0.29) is 5.56 Å². The summed E-state index contributed by atoms with van der Waals surface area (Å²) in [7, 11) is 1.55. The van der Waals surface area contributed by atoms with E-state index in [2.05, 4.69) is 10.2 Å². The zero-order valence-corrected chi connectivity index (χ0v) is 11.8. The third-order valence-electron chi connectivity index (χ3n) is 3.24. The molecule has 0 amide bonds. The maximum Gasteiger partial charge on any atom is 0.335 e. The van der Waals surface area contributed by atoms with E-state index in [1.807, 2.05) is 6.07 Å². The van der Waals surface area contributed by atoms with Gasteiger partial charge in [-0.15, -0.1) is 0 Å². The first-order valence-corrected chi connectivity index (χ1v) is 6.53. The number of aromatic amines is 1. The van der Waals surface area contributed by atoms with Gasteiger partial charge in [-0.2, -0.15) is 5.10 Å². The van der Waals surface area contributed by atoms with Crippen molar-refractivity contribution in [2.75, 3.05) is 7.11 Å². The van der Waals surface area contributed by atoms with Gasteiger partial charge < -0.3 is 9.84 Å². The monoisotopic (exact) mass is 302 g/mol. The molecule has 0 aliphatic carbocycles. The van der Waals surface area contributed by atoms with Gasteiger partial charge in [0, 0.05) is 10.9 Å². The van der Waals surface area contributed by atoms with Crippen molar-refractivity contribution in [1.29, 1.82) is 0 Å². The predicted molar refractivity (Wildman–Crippen MR) is 80.1 cm³/mol. The number of hydrogen-bond acceptors (Lipinski definition) is 3. The first-order chi connectivity index (χ1) is 10.1. The summed E-state index contributed by atoms with van der Waals surface area (Å²) < 4.78 is 5.12. The highest BCUT2D eigenvalue weighted by molar-refractivity contribution is 6.32. The van der Waals surface area contributed by atoms with Gasteiger partial charge in [0.05, 0.1) is 28.9 Å². The van der Waals surface area contributed by atoms with Crippen LogP contribution >= 0.6 is 11.6 Å². The molecular weight excluding hydrogens is 292 g/mol. The Bertz CT molecular complexity index is 842. The normalized spacial score (nSPS) is 10.8. The summed E-state index contributed by atoms with van der Waals surface area (Å²) in [5.41, 5.74) is 2.42. The highest BCUT2D eigenvalue weighted by Gasteiger charge is 2.12. The number of rotatable bonds is 3. The highest BCUT2D eigenvalue weighted by Crippen LogP contribution is 2.32. The molecule has 1 heterocycles. The molecule has 0 radical (unpaired) electrons. The van der Waals surface area contributed by atoms with Crippen molar-refractivity contribution in [1.82, 2.24) is 10.2 Å². The van der Waals surface area contributed by atoms with Gasteiger partial charge in [0.15, 0.2) is 0 Å². The van der Waals surface area contributed by atoms with Crippen LogP contribution in [0.5, 0.6) is 5.75 Å². The van der Waals surface area contributed by atoms with E-state index in [0.29, 0.717) is 22.0 Å². The van der Waals surface area contributed by atoms with Crippen LogP contribution in [0.15, 0.2) is 36.4 Å². The number of aromatic carboxylic acids is 1. The molecule has 0 fully saturated rings. The molecule has 3 rings (SSSR count). The summed E-state index contributed by atoms with van der Waals surface area (Å²) in [5.74, 6) is -0.381. The highest BCUT2D eigenvalue weighted by atomic mass is 35.5. The molecule has 0 aliphatic heterocycles. The number of nitrogens with zero attached hydrogens (tertiary/aromatic N) is 1. The second-order valence-corrected chi connectivity index (χ2v) is 4.89. The molecule has 6 heteroatoms. The Morgan fingerprint density at radius 3 is 2.76 bits per heavy atom. The van der Waals surface area contributed by atoms with Crippen LogP contribution in [0.4, 0.5) is 0 Å². The molecule has 0 saturated heterocycles. The van der Waals surface area contributed by atoms with Crippen LogP contribution in [0.3, 0.4) is 0 Å². The number of benzene rings is 2. The van der Waals surface area contributed by atoms with Crippen molar-refractivity contribution >= 4 is 28.5 Å². The number of methoxy groups -OCH3 is 1. The molecule has 3 aromatic rings. The topological polar surface area (TPSA) is 75.2 Å². The summed E-state index contributed by atoms with van der Waals surface area (Å²) in [6, 6.07) is 10.2. The van der Waals surface area contributed by atoms with Crippen LogP contribution in [0.1, 0.15) is 10.4 Å². The van der Waals surface area contributed by atoms with E-state index >= 15 is 0 Å². The van der Waals surface area contributed by atoms with Gasteiger partial charge in [-0.1, -0.05) is 11.6 Å². The number of carboxylic acids is 1. The number of hydrogen-bond donors (Lipinski definition) is 2. The van der Waals surface area contributed by atoms with Crippen molar-refractivity contribution in [2.45, 2.75) is 0 Å². The van der Waals surface area contributed by atoms with E-state index in [4.69, 9.17) is 21.4 Å². The van der Waals surface area contributed by atoms with E-state index in [1.54, 1.807) is 37.4 Å². The molecule has 0 unspecified atom stereocenters. The van der Waals surface area contributed by atoms with Crippen molar-refractivity contribution in [3.05, 3.63) is 47.0 Å². The maximum absolute atomic E-state index is 11.0. The quantitative estimate of drug-likeness (QED) is 0.775. The molecule has 5 nitrogen and oxygen atoms in total. The van der Waals surface area contributed by atoms with Gasteiger partial charge in [0.1, 0.15) is 5.75 Å². The van der Waals surface area contributed by atoms with Crippen LogP contribution < -0.4 is 4.74 Å². The van der Waals surface area contributed by atoms with Crippen LogP contribution in [-0.2, 0) is 0 Å². The fourth-order valence-corrected chi connectivity index (χ4v) is 2.44. The Morgan fingerprint density at radius 1 is 1.29 bits per heavy atom. The summed E-state index contributed by atoms with van der Waals surface area (Å²) in [5, 5.41) is 17.4. The Hall–Kier alpha value is -2.53. The van der Waals surface area contributed by atoms with E-state index in [1.165, 1.54) is 0 Å². The maximum atomic E-state index is 11.0. The minimum absolute atomic E-state index is 0.213. The average Bonchev–Trinajstić information content (AvgIpc) is 2.90. The number of halogens is 1. The molecule has 21 heavy (non-hydrogen) atoms. The van der Waals surface area contributed by atoms with Gasteiger partial charge in [-0.05, 0) is 36.4 Å². The van der Waals surface area contributed by atoms with Crippen molar-refractivity contribution < 1.29 is 14.6 Å². The van der Waals surface area contributed by atoms with E-state index in [9.17, 15) is 4.79 Å². The fourth-order valence-electron chi connectivity index (χ4n) is 2.19.